The molecule has 47 heavy (non-hydrogen) atoms. The number of anilines is 1. The van der Waals surface area contributed by atoms with E-state index in [1.807, 2.05) is 0 Å². The number of nitrogens with one attached hydrogen (secondary N) is 2. The molecule has 2 heterocycles. The predicted octanol–water partition coefficient (Wildman–Crippen LogP) is 4.37. The Bertz CT molecular complexity index is 1690. The smallest absolute Gasteiger partial charge is 0.419 e. The highest BCUT2D eigenvalue weighted by molar-refractivity contribution is 5.97. The van der Waals surface area contributed by atoms with Crippen molar-refractivity contribution in [3.63, 3.8) is 0 Å². The minimum absolute atomic E-state index is 0.0262. The maximum Gasteiger partial charge on any atom is 0.419 e. The van der Waals surface area contributed by atoms with Gasteiger partial charge in [0.1, 0.15) is 35.2 Å². The molecule has 0 spiro atoms. The lowest BCUT2D eigenvalue weighted by molar-refractivity contribution is -0.123. The van der Waals surface area contributed by atoms with Gasteiger partial charge in [-0.2, -0.15) is 0 Å². The quantitative estimate of drug-likeness (QED) is 0.272. The molecule has 2 aromatic heterocycles. The molecule has 13 nitrogen and oxygen atoms in total. The molecule has 0 radical (unpaired) electrons. The second-order valence-corrected chi connectivity index (χ2v) is 11.6. The number of halogens is 2. The zero-order valence-corrected chi connectivity index (χ0v) is 27.0. The highest BCUT2D eigenvalue weighted by Gasteiger charge is 2.26. The van der Waals surface area contributed by atoms with Gasteiger partial charge in [0.25, 0.3) is 12.0 Å². The predicted molar refractivity (Wildman–Crippen MR) is 170 cm³/mol. The molecular weight excluding hydrogens is 620 g/mol. The van der Waals surface area contributed by atoms with Crippen molar-refractivity contribution in [2.45, 2.75) is 58.2 Å². The zero-order valence-electron chi connectivity index (χ0n) is 27.0. The number of likely N-dealkylation sites (N-methyl/N-ethyl adjacent to an activating group) is 1. The average Bonchev–Trinajstić information content (AvgIpc) is 3.37. The number of aromatic nitrogens is 2. The number of para-hydroxylation sites is 1. The number of allylic oxidation sites excluding steroid dienone is 1. The van der Waals surface area contributed by atoms with Crippen LogP contribution in [0.5, 0.6) is 5.75 Å². The van der Waals surface area contributed by atoms with Gasteiger partial charge < -0.3 is 34.3 Å². The summed E-state index contributed by atoms with van der Waals surface area (Å²) in [5.74, 6) is -0.931. The highest BCUT2D eigenvalue weighted by Crippen LogP contribution is 2.31. The Morgan fingerprint density at radius 3 is 2.45 bits per heavy atom. The van der Waals surface area contributed by atoms with E-state index in [-0.39, 0.29) is 47.9 Å². The van der Waals surface area contributed by atoms with E-state index in [4.69, 9.17) is 9.47 Å². The molecule has 0 bridgehead atoms. The van der Waals surface area contributed by atoms with Crippen LogP contribution in [0, 0.1) is 0 Å². The van der Waals surface area contributed by atoms with Gasteiger partial charge in [0.2, 0.25) is 11.8 Å². The lowest BCUT2D eigenvalue weighted by Crippen LogP contribution is -2.44. The number of ether oxygens (including phenoxy) is 3. The summed E-state index contributed by atoms with van der Waals surface area (Å²) in [6, 6.07) is 8.08. The molecule has 15 heteroatoms. The number of fused-ring (bicyclic) bond motifs is 1. The Morgan fingerprint density at radius 1 is 1.09 bits per heavy atom. The molecule has 0 fully saturated rings. The fourth-order valence-electron chi connectivity index (χ4n) is 4.40. The topological polar surface area (TPSA) is 150 Å². The minimum Gasteiger partial charge on any atom is -0.485 e. The second kappa shape index (κ2) is 15.9. The van der Waals surface area contributed by atoms with E-state index in [0.717, 1.165) is 7.11 Å². The minimum atomic E-state index is -2.75. The number of methoxy groups -OCH3 is 1. The molecule has 3 amide bonds. The summed E-state index contributed by atoms with van der Waals surface area (Å²) in [4.78, 5) is 65.3. The van der Waals surface area contributed by atoms with E-state index >= 15 is 0 Å². The normalized spacial score (nSPS) is 12.2. The van der Waals surface area contributed by atoms with Gasteiger partial charge in [0, 0.05) is 25.7 Å². The van der Waals surface area contributed by atoms with Crippen molar-refractivity contribution in [2.24, 2.45) is 0 Å². The molecule has 0 saturated heterocycles. The van der Waals surface area contributed by atoms with E-state index in [0.29, 0.717) is 5.39 Å². The van der Waals surface area contributed by atoms with E-state index in [2.05, 4.69) is 15.4 Å². The molecule has 0 aliphatic carbocycles. The van der Waals surface area contributed by atoms with Crippen molar-refractivity contribution in [3.05, 3.63) is 70.8 Å². The standard InChI is InChI=1S/C32H39F2N5O8/c1-32(2,3)47-31(44)39-21(17-20-11-9-14-24(27(20)39)46-19-25(33)34)18-38-16-10-13-23(29(38)42)35-28(41)22(36-30(43)45-6)12-7-8-15-26(40)37(4)5/h8-11,13-17,22,25H,7,12,18-19H2,1-6H3,(H,35,41)(H,36,43)/b15-8+/t22-/m0/s1. The number of carbonyl (C=O) groups is 4. The summed E-state index contributed by atoms with van der Waals surface area (Å²) in [5.41, 5.74) is -1.19. The summed E-state index contributed by atoms with van der Waals surface area (Å²) in [6.45, 7) is 3.93. The molecule has 3 aromatic rings. The zero-order chi connectivity index (χ0) is 34.9. The van der Waals surface area contributed by atoms with Crippen LogP contribution in [0.2, 0.25) is 0 Å². The van der Waals surface area contributed by atoms with Gasteiger partial charge in [-0.05, 0) is 64.0 Å². The Hall–Kier alpha value is -5.21. The first kappa shape index (κ1) is 36.3. The van der Waals surface area contributed by atoms with Crippen LogP contribution in [0.4, 0.5) is 24.1 Å². The van der Waals surface area contributed by atoms with Crippen LogP contribution < -0.4 is 20.9 Å². The molecule has 2 N–H and O–H groups in total. The monoisotopic (exact) mass is 659 g/mol. The first-order valence-corrected chi connectivity index (χ1v) is 14.6. The summed E-state index contributed by atoms with van der Waals surface area (Å²) in [7, 11) is 4.32. The number of rotatable bonds is 12. The molecule has 0 aliphatic rings. The van der Waals surface area contributed by atoms with Crippen LogP contribution in [0.3, 0.4) is 0 Å². The van der Waals surface area contributed by atoms with Crippen LogP contribution in [0.15, 0.2) is 59.5 Å². The van der Waals surface area contributed by atoms with Crippen LogP contribution in [-0.4, -0.2) is 83.9 Å². The summed E-state index contributed by atoms with van der Waals surface area (Å²) in [5, 5.41) is 5.44. The van der Waals surface area contributed by atoms with Gasteiger partial charge in [-0.15, -0.1) is 0 Å². The Labute approximate surface area is 270 Å². The SMILES string of the molecule is COC(=O)N[C@@H](CC/C=C/C(=O)N(C)C)C(=O)Nc1cccn(Cc2cc3cccc(OCC(F)F)c3n2C(=O)OC(C)(C)C)c1=O. The van der Waals surface area contributed by atoms with E-state index < -0.39 is 48.3 Å². The van der Waals surface area contributed by atoms with E-state index in [9.17, 15) is 32.8 Å². The first-order chi connectivity index (χ1) is 22.1. The molecular formula is C32H39F2N5O8. The maximum absolute atomic E-state index is 13.5. The van der Waals surface area contributed by atoms with E-state index in [1.165, 1.54) is 44.5 Å². The third-order valence-electron chi connectivity index (χ3n) is 6.53. The first-order valence-electron chi connectivity index (χ1n) is 14.6. The molecule has 0 unspecified atom stereocenters. The number of pyridine rings is 1. The number of alkyl carbamates (subject to hydrolysis) is 1. The molecule has 0 saturated carbocycles. The third-order valence-corrected chi connectivity index (χ3v) is 6.53. The Kier molecular flexibility index (Phi) is 12.2. The van der Waals surface area contributed by atoms with Crippen molar-refractivity contribution in [1.82, 2.24) is 19.4 Å². The number of hydrogen-bond acceptors (Lipinski definition) is 8. The number of hydrogen-bond donors (Lipinski definition) is 2. The molecule has 0 aliphatic heterocycles. The number of nitrogens with zero attached hydrogens (tertiary/aromatic N) is 3. The summed E-state index contributed by atoms with van der Waals surface area (Å²) in [6.07, 6.45) is 0.252. The van der Waals surface area contributed by atoms with Crippen LogP contribution in [0.1, 0.15) is 39.3 Å². The molecule has 1 aromatic carbocycles. The van der Waals surface area contributed by atoms with Gasteiger partial charge in [-0.1, -0.05) is 18.2 Å². The van der Waals surface area contributed by atoms with Gasteiger partial charge in [-0.3, -0.25) is 14.4 Å². The molecule has 3 rings (SSSR count). The lowest BCUT2D eigenvalue weighted by Gasteiger charge is -2.21. The maximum atomic E-state index is 13.5. The van der Waals surface area contributed by atoms with Gasteiger partial charge in [0.05, 0.1) is 19.3 Å². The number of alkyl halides is 2. The second-order valence-electron chi connectivity index (χ2n) is 11.6. The van der Waals surface area contributed by atoms with Gasteiger partial charge in [0.15, 0.2) is 0 Å². The van der Waals surface area contributed by atoms with Gasteiger partial charge >= 0.3 is 12.2 Å². The van der Waals surface area contributed by atoms with Gasteiger partial charge in [-0.25, -0.2) is 22.9 Å². The van der Waals surface area contributed by atoms with E-state index in [1.54, 1.807) is 59.1 Å². The van der Waals surface area contributed by atoms with Crippen LogP contribution in [0.25, 0.3) is 10.9 Å². The fourth-order valence-corrected chi connectivity index (χ4v) is 4.40. The average molecular weight is 660 g/mol. The third kappa shape index (κ3) is 10.1. The van der Waals surface area contributed by atoms with Crippen LogP contribution in [-0.2, 0) is 25.6 Å². The van der Waals surface area contributed by atoms with Crippen molar-refractivity contribution >= 4 is 40.6 Å². The Morgan fingerprint density at radius 2 is 1.81 bits per heavy atom. The highest BCUT2D eigenvalue weighted by atomic mass is 19.3. The van der Waals surface area contributed by atoms with Crippen molar-refractivity contribution < 1.29 is 42.2 Å². The lowest BCUT2D eigenvalue weighted by atomic mass is 10.1. The summed E-state index contributed by atoms with van der Waals surface area (Å²) < 4.78 is 43.9. The largest absolute Gasteiger partial charge is 0.485 e. The van der Waals surface area contributed by atoms with Crippen molar-refractivity contribution in [2.75, 3.05) is 33.1 Å². The number of carbonyl (C=O) groups excluding carboxylic acids is 4. The number of benzene rings is 1. The molecule has 254 valence electrons. The number of amides is 3. The fraction of sp³-hybridized carbons (Fsp3) is 0.406. The summed E-state index contributed by atoms with van der Waals surface area (Å²) >= 11 is 0. The molecule has 1 atom stereocenters. The van der Waals surface area contributed by atoms with Crippen LogP contribution >= 0.6 is 0 Å². The Balaban J connectivity index is 1.94. The van der Waals surface area contributed by atoms with Crippen molar-refractivity contribution in [3.8, 4) is 5.75 Å². The van der Waals surface area contributed by atoms with Crippen molar-refractivity contribution in [1.29, 1.82) is 0 Å².